The molecule has 0 bridgehead atoms. The zero-order chi connectivity index (χ0) is 10.4. The van der Waals surface area contributed by atoms with Crippen LogP contribution in [0.25, 0.3) is 0 Å². The van der Waals surface area contributed by atoms with Crippen LogP contribution in [0.1, 0.15) is 31.0 Å². The van der Waals surface area contributed by atoms with E-state index in [0.717, 1.165) is 17.8 Å². The van der Waals surface area contributed by atoms with Crippen molar-refractivity contribution in [2.24, 2.45) is 24.8 Å². The second-order valence-corrected chi connectivity index (χ2v) is 4.88. The number of hydrogen-bond acceptors (Lipinski definition) is 3. The summed E-state index contributed by atoms with van der Waals surface area (Å²) in [6.45, 7) is 0. The van der Waals surface area contributed by atoms with E-state index >= 15 is 0 Å². The van der Waals surface area contributed by atoms with Gasteiger partial charge in [-0.05, 0) is 37.6 Å². The summed E-state index contributed by atoms with van der Waals surface area (Å²) < 4.78 is 1.90. The van der Waals surface area contributed by atoms with E-state index in [1.54, 1.807) is 0 Å². The van der Waals surface area contributed by atoms with E-state index in [4.69, 9.17) is 0 Å². The summed E-state index contributed by atoms with van der Waals surface area (Å²) in [5.74, 6) is 2.77. The molecule has 2 aliphatic rings. The summed E-state index contributed by atoms with van der Waals surface area (Å²) in [7, 11) is 4.02. The Labute approximate surface area is 90.0 Å². The van der Waals surface area contributed by atoms with Crippen molar-refractivity contribution in [3.05, 3.63) is 11.9 Å². The number of fused-ring (bicyclic) bond motifs is 1. The van der Waals surface area contributed by atoms with Crippen molar-refractivity contribution >= 4 is 0 Å². The van der Waals surface area contributed by atoms with Crippen LogP contribution in [0.2, 0.25) is 0 Å². The molecule has 3 unspecified atom stereocenters. The average molecular weight is 206 g/mol. The molecule has 2 aliphatic carbocycles. The third kappa shape index (κ3) is 1.31. The van der Waals surface area contributed by atoms with Crippen LogP contribution in [0.15, 0.2) is 6.20 Å². The molecule has 0 amide bonds. The monoisotopic (exact) mass is 206 g/mol. The molecule has 0 aromatic carbocycles. The number of nitrogens with one attached hydrogen (secondary N) is 1. The fourth-order valence-electron chi connectivity index (χ4n) is 3.49. The Hall–Kier alpha value is -0.900. The van der Waals surface area contributed by atoms with Gasteiger partial charge < -0.3 is 5.32 Å². The Kier molecular flexibility index (Phi) is 2.06. The van der Waals surface area contributed by atoms with Gasteiger partial charge in [0.1, 0.15) is 0 Å². The molecule has 1 aromatic rings. The van der Waals surface area contributed by atoms with E-state index in [1.807, 2.05) is 25.0 Å². The smallest absolute Gasteiger partial charge is 0.0756 e. The van der Waals surface area contributed by atoms with Crippen LogP contribution < -0.4 is 5.32 Å². The van der Waals surface area contributed by atoms with E-state index in [1.165, 1.54) is 25.0 Å². The van der Waals surface area contributed by atoms with Gasteiger partial charge in [0, 0.05) is 7.05 Å². The fourth-order valence-corrected chi connectivity index (χ4v) is 3.49. The van der Waals surface area contributed by atoms with Crippen molar-refractivity contribution in [1.29, 1.82) is 0 Å². The van der Waals surface area contributed by atoms with Gasteiger partial charge in [0.2, 0.25) is 0 Å². The molecule has 4 heteroatoms. The summed E-state index contributed by atoms with van der Waals surface area (Å²) in [6.07, 6.45) is 6.19. The minimum atomic E-state index is 0.459. The molecular formula is C11H18N4. The maximum absolute atomic E-state index is 4.02. The Morgan fingerprint density at radius 1 is 1.47 bits per heavy atom. The molecule has 15 heavy (non-hydrogen) atoms. The Balaban J connectivity index is 1.81. The van der Waals surface area contributed by atoms with E-state index in [2.05, 4.69) is 15.6 Å². The van der Waals surface area contributed by atoms with Crippen LogP contribution in [-0.4, -0.2) is 22.0 Å². The highest BCUT2D eigenvalue weighted by molar-refractivity contribution is 5.14. The zero-order valence-electron chi connectivity index (χ0n) is 9.35. The molecule has 0 radical (unpaired) electrons. The Bertz CT molecular complexity index is 349. The van der Waals surface area contributed by atoms with Gasteiger partial charge in [-0.1, -0.05) is 11.6 Å². The topological polar surface area (TPSA) is 42.7 Å². The van der Waals surface area contributed by atoms with Gasteiger partial charge >= 0.3 is 0 Å². The molecule has 4 nitrogen and oxygen atoms in total. The van der Waals surface area contributed by atoms with E-state index < -0.39 is 0 Å². The summed E-state index contributed by atoms with van der Waals surface area (Å²) in [4.78, 5) is 0. The molecule has 0 spiro atoms. The van der Waals surface area contributed by atoms with Gasteiger partial charge in [0.05, 0.1) is 17.9 Å². The molecular weight excluding hydrogens is 188 g/mol. The quantitative estimate of drug-likeness (QED) is 0.806. The predicted molar refractivity (Wildman–Crippen MR) is 57.1 cm³/mol. The standard InChI is InChI=1S/C11H18N4/c1-12-11(9-6-13-14-15(9)2)10-7-4-3-5-8(7)10/h6-8,10-12H,3-5H2,1-2H3. The molecule has 82 valence electrons. The predicted octanol–water partition coefficient (Wildman–Crippen LogP) is 1.12. The molecule has 2 saturated carbocycles. The Morgan fingerprint density at radius 2 is 2.20 bits per heavy atom. The molecule has 3 rings (SSSR count). The van der Waals surface area contributed by atoms with Crippen molar-refractivity contribution in [2.45, 2.75) is 25.3 Å². The first-order chi connectivity index (χ1) is 7.33. The lowest BCUT2D eigenvalue weighted by atomic mass is 10.0. The van der Waals surface area contributed by atoms with Gasteiger partial charge in [-0.3, -0.25) is 4.68 Å². The molecule has 0 saturated heterocycles. The minimum Gasteiger partial charge on any atom is -0.311 e. The lowest BCUT2D eigenvalue weighted by Gasteiger charge is -2.17. The van der Waals surface area contributed by atoms with Gasteiger partial charge in [-0.15, -0.1) is 5.10 Å². The first-order valence-electron chi connectivity index (χ1n) is 5.84. The van der Waals surface area contributed by atoms with E-state index in [9.17, 15) is 0 Å². The van der Waals surface area contributed by atoms with Crippen molar-refractivity contribution in [2.75, 3.05) is 7.05 Å². The van der Waals surface area contributed by atoms with Gasteiger partial charge in [0.25, 0.3) is 0 Å². The summed E-state index contributed by atoms with van der Waals surface area (Å²) in [5, 5.41) is 11.4. The number of aryl methyl sites for hydroxylation is 1. The van der Waals surface area contributed by atoms with E-state index in [0.29, 0.717) is 6.04 Å². The molecule has 3 atom stereocenters. The maximum Gasteiger partial charge on any atom is 0.0756 e. The minimum absolute atomic E-state index is 0.459. The second kappa shape index (κ2) is 3.30. The van der Waals surface area contributed by atoms with Crippen LogP contribution in [0.3, 0.4) is 0 Å². The molecule has 1 heterocycles. The number of rotatable bonds is 3. The van der Waals surface area contributed by atoms with Crippen molar-refractivity contribution in [1.82, 2.24) is 20.3 Å². The molecule has 2 fully saturated rings. The van der Waals surface area contributed by atoms with E-state index in [-0.39, 0.29) is 0 Å². The number of nitrogens with zero attached hydrogens (tertiary/aromatic N) is 3. The Morgan fingerprint density at radius 3 is 2.73 bits per heavy atom. The van der Waals surface area contributed by atoms with Gasteiger partial charge in [-0.25, -0.2) is 0 Å². The van der Waals surface area contributed by atoms with Crippen LogP contribution in [-0.2, 0) is 7.05 Å². The van der Waals surface area contributed by atoms with Gasteiger partial charge in [-0.2, -0.15) is 0 Å². The SMILES string of the molecule is CNC(c1cnnn1C)C1C2CCCC21. The molecule has 1 aromatic heterocycles. The van der Waals surface area contributed by atoms with Crippen molar-refractivity contribution < 1.29 is 0 Å². The molecule has 0 aliphatic heterocycles. The summed E-state index contributed by atoms with van der Waals surface area (Å²) >= 11 is 0. The molecule has 1 N–H and O–H groups in total. The van der Waals surface area contributed by atoms with Crippen LogP contribution >= 0.6 is 0 Å². The third-order valence-electron chi connectivity index (χ3n) is 4.24. The highest BCUT2D eigenvalue weighted by Crippen LogP contribution is 2.61. The van der Waals surface area contributed by atoms with Crippen molar-refractivity contribution in [3.8, 4) is 0 Å². The summed E-state index contributed by atoms with van der Waals surface area (Å²) in [6, 6.07) is 0.459. The highest BCUT2D eigenvalue weighted by Gasteiger charge is 2.56. The number of aromatic nitrogens is 3. The zero-order valence-corrected chi connectivity index (χ0v) is 9.35. The first kappa shape index (κ1) is 9.33. The first-order valence-corrected chi connectivity index (χ1v) is 5.84. The lowest BCUT2D eigenvalue weighted by Crippen LogP contribution is -2.23. The number of hydrogen-bond donors (Lipinski definition) is 1. The van der Waals surface area contributed by atoms with Gasteiger partial charge in [0.15, 0.2) is 0 Å². The fraction of sp³-hybridized carbons (Fsp3) is 0.818. The normalized spacial score (nSPS) is 35.2. The van der Waals surface area contributed by atoms with Crippen molar-refractivity contribution in [3.63, 3.8) is 0 Å². The highest BCUT2D eigenvalue weighted by atomic mass is 15.4. The third-order valence-corrected chi connectivity index (χ3v) is 4.24. The van der Waals surface area contributed by atoms with Crippen LogP contribution in [0.4, 0.5) is 0 Å². The maximum atomic E-state index is 4.02. The van der Waals surface area contributed by atoms with Crippen LogP contribution in [0, 0.1) is 17.8 Å². The van der Waals surface area contributed by atoms with Crippen LogP contribution in [0.5, 0.6) is 0 Å². The largest absolute Gasteiger partial charge is 0.311 e. The second-order valence-electron chi connectivity index (χ2n) is 4.88. The summed E-state index contributed by atoms with van der Waals surface area (Å²) in [5.41, 5.74) is 1.23. The average Bonchev–Trinajstić information content (AvgIpc) is 2.66. The lowest BCUT2D eigenvalue weighted by molar-refractivity contribution is 0.421.